The van der Waals surface area contributed by atoms with Gasteiger partial charge in [-0.05, 0) is 23.8 Å². The Bertz CT molecular complexity index is 925. The summed E-state index contributed by atoms with van der Waals surface area (Å²) >= 11 is 0.825. The average molecular weight is 364 g/mol. The molecule has 7 nitrogen and oxygen atoms in total. The zero-order chi connectivity index (χ0) is 17.7. The van der Waals surface area contributed by atoms with Gasteiger partial charge in [-0.25, -0.2) is 17.9 Å². The van der Waals surface area contributed by atoms with Gasteiger partial charge in [0.25, 0.3) is 5.91 Å². The first-order valence-electron chi connectivity index (χ1n) is 6.57. The van der Waals surface area contributed by atoms with E-state index in [4.69, 9.17) is 5.26 Å². The summed E-state index contributed by atoms with van der Waals surface area (Å²) < 4.78 is 30.7. The molecule has 0 aliphatic heterocycles. The van der Waals surface area contributed by atoms with Crippen LogP contribution in [-0.4, -0.2) is 27.4 Å². The standard InChI is InChI=1S/C15H12N2O5S2/c1-22-15(19)13-7-6-12(23-13)14(18)17-24(20,21)9-11-5-3-2-4-10(11)8-16/h2-7H,9H2,1H3,(H,17,18). The summed E-state index contributed by atoms with van der Waals surface area (Å²) in [7, 11) is -2.78. The Kier molecular flexibility index (Phi) is 5.33. The van der Waals surface area contributed by atoms with Crippen LogP contribution in [0.15, 0.2) is 36.4 Å². The minimum atomic E-state index is -3.99. The number of benzene rings is 1. The number of nitrogens with one attached hydrogen (secondary N) is 1. The Balaban J connectivity index is 2.14. The topological polar surface area (TPSA) is 113 Å². The lowest BCUT2D eigenvalue weighted by atomic mass is 10.1. The number of hydrogen-bond acceptors (Lipinski definition) is 7. The molecule has 1 heterocycles. The SMILES string of the molecule is COC(=O)c1ccc(C(=O)NS(=O)(=O)Cc2ccccc2C#N)s1. The van der Waals surface area contributed by atoms with Crippen LogP contribution in [0.25, 0.3) is 0 Å². The molecule has 0 spiro atoms. The maximum absolute atomic E-state index is 12.1. The van der Waals surface area contributed by atoms with Crippen LogP contribution in [0, 0.1) is 11.3 Å². The zero-order valence-electron chi connectivity index (χ0n) is 12.5. The molecular formula is C15H12N2O5S2. The first kappa shape index (κ1) is 17.7. The van der Waals surface area contributed by atoms with Crippen LogP contribution in [0.1, 0.15) is 30.5 Å². The quantitative estimate of drug-likeness (QED) is 0.807. The Hall–Kier alpha value is -2.70. The van der Waals surface area contributed by atoms with Gasteiger partial charge in [0.2, 0.25) is 10.0 Å². The van der Waals surface area contributed by atoms with E-state index in [1.54, 1.807) is 12.1 Å². The van der Waals surface area contributed by atoms with E-state index in [1.165, 1.54) is 31.4 Å². The molecule has 2 aromatic rings. The number of esters is 1. The Morgan fingerprint density at radius 1 is 1.21 bits per heavy atom. The first-order valence-corrected chi connectivity index (χ1v) is 9.04. The van der Waals surface area contributed by atoms with E-state index in [9.17, 15) is 18.0 Å². The molecule has 0 aliphatic carbocycles. The highest BCUT2D eigenvalue weighted by Crippen LogP contribution is 2.18. The summed E-state index contributed by atoms with van der Waals surface area (Å²) in [5, 5.41) is 8.98. The molecule has 0 saturated carbocycles. The summed E-state index contributed by atoms with van der Waals surface area (Å²) in [6.07, 6.45) is 0. The van der Waals surface area contributed by atoms with E-state index in [2.05, 4.69) is 4.74 Å². The van der Waals surface area contributed by atoms with Crippen LogP contribution in [0.2, 0.25) is 0 Å². The molecule has 1 N–H and O–H groups in total. The number of amides is 1. The molecule has 0 bridgehead atoms. The Morgan fingerprint density at radius 3 is 2.54 bits per heavy atom. The fourth-order valence-corrected chi connectivity index (χ4v) is 3.87. The van der Waals surface area contributed by atoms with E-state index in [0.717, 1.165) is 11.3 Å². The first-order chi connectivity index (χ1) is 11.4. The highest BCUT2D eigenvalue weighted by atomic mass is 32.2. The number of thiophene rings is 1. The number of nitrogens with zero attached hydrogens (tertiary/aromatic N) is 1. The monoisotopic (exact) mass is 364 g/mol. The van der Waals surface area contributed by atoms with E-state index in [1.807, 2.05) is 10.8 Å². The molecule has 124 valence electrons. The predicted octanol–water partition coefficient (Wildman–Crippen LogP) is 1.67. The minimum Gasteiger partial charge on any atom is -0.465 e. The van der Waals surface area contributed by atoms with Crippen molar-refractivity contribution in [2.45, 2.75) is 5.75 Å². The number of carbonyl (C=O) groups is 2. The van der Waals surface area contributed by atoms with Gasteiger partial charge in [-0.2, -0.15) is 5.26 Å². The lowest BCUT2D eigenvalue weighted by Gasteiger charge is -2.07. The molecule has 24 heavy (non-hydrogen) atoms. The van der Waals surface area contributed by atoms with Crippen molar-refractivity contribution in [3.63, 3.8) is 0 Å². The molecule has 0 radical (unpaired) electrons. The largest absolute Gasteiger partial charge is 0.465 e. The summed E-state index contributed by atoms with van der Waals surface area (Å²) in [5.41, 5.74) is 0.515. The third-order valence-electron chi connectivity index (χ3n) is 2.95. The molecule has 0 atom stereocenters. The van der Waals surface area contributed by atoms with E-state index in [0.29, 0.717) is 5.56 Å². The van der Waals surface area contributed by atoms with E-state index in [-0.39, 0.29) is 15.3 Å². The summed E-state index contributed by atoms with van der Waals surface area (Å²) in [6.45, 7) is 0. The van der Waals surface area contributed by atoms with Crippen LogP contribution in [-0.2, 0) is 20.5 Å². The molecule has 0 saturated heterocycles. The fraction of sp³-hybridized carbons (Fsp3) is 0.133. The van der Waals surface area contributed by atoms with E-state index < -0.39 is 27.7 Å². The summed E-state index contributed by atoms with van der Waals surface area (Å²) in [4.78, 5) is 23.6. The third-order valence-corrected chi connectivity index (χ3v) is 5.20. The van der Waals surface area contributed by atoms with Crippen molar-refractivity contribution in [3.8, 4) is 6.07 Å². The molecule has 1 aromatic heterocycles. The van der Waals surface area contributed by atoms with Crippen molar-refractivity contribution < 1.29 is 22.7 Å². The Morgan fingerprint density at radius 2 is 1.88 bits per heavy atom. The second kappa shape index (κ2) is 7.25. The maximum atomic E-state index is 12.1. The van der Waals surface area contributed by atoms with Crippen molar-refractivity contribution >= 4 is 33.2 Å². The number of rotatable bonds is 5. The Labute approximate surface area is 142 Å². The van der Waals surface area contributed by atoms with E-state index >= 15 is 0 Å². The number of ether oxygens (including phenoxy) is 1. The van der Waals surface area contributed by atoms with Crippen LogP contribution in [0.3, 0.4) is 0 Å². The lowest BCUT2D eigenvalue weighted by molar-refractivity contribution is 0.0606. The number of nitriles is 1. The van der Waals surface area contributed by atoms with Crippen molar-refractivity contribution in [1.29, 1.82) is 5.26 Å². The summed E-state index contributed by atoms with van der Waals surface area (Å²) in [6, 6.07) is 10.8. The average Bonchev–Trinajstić information content (AvgIpc) is 3.04. The highest BCUT2D eigenvalue weighted by molar-refractivity contribution is 7.89. The maximum Gasteiger partial charge on any atom is 0.348 e. The third kappa shape index (κ3) is 4.18. The molecular weight excluding hydrogens is 352 g/mol. The van der Waals surface area contributed by atoms with Gasteiger partial charge in [0, 0.05) is 0 Å². The number of sulfonamides is 1. The molecule has 1 aromatic carbocycles. The molecule has 0 aliphatic rings. The van der Waals surface area contributed by atoms with Gasteiger partial charge in [-0.3, -0.25) is 4.79 Å². The lowest BCUT2D eigenvalue weighted by Crippen LogP contribution is -2.31. The van der Waals surface area contributed by atoms with Crippen LogP contribution >= 0.6 is 11.3 Å². The van der Waals surface area contributed by atoms with Crippen LogP contribution in [0.4, 0.5) is 0 Å². The smallest absolute Gasteiger partial charge is 0.348 e. The summed E-state index contributed by atoms with van der Waals surface area (Å²) in [5.74, 6) is -1.95. The number of carbonyl (C=O) groups excluding carboxylic acids is 2. The number of hydrogen-bond donors (Lipinski definition) is 1. The second-order valence-corrected chi connectivity index (χ2v) is 7.42. The normalized spacial score (nSPS) is 10.7. The highest BCUT2D eigenvalue weighted by Gasteiger charge is 2.20. The van der Waals surface area contributed by atoms with Gasteiger partial charge in [-0.15, -0.1) is 11.3 Å². The van der Waals surface area contributed by atoms with Gasteiger partial charge in [0.15, 0.2) is 0 Å². The molecule has 0 fully saturated rings. The van der Waals surface area contributed by atoms with Crippen LogP contribution < -0.4 is 4.72 Å². The van der Waals surface area contributed by atoms with Gasteiger partial charge in [-0.1, -0.05) is 18.2 Å². The van der Waals surface area contributed by atoms with Crippen molar-refractivity contribution in [2.75, 3.05) is 7.11 Å². The van der Waals surface area contributed by atoms with Gasteiger partial charge < -0.3 is 4.74 Å². The van der Waals surface area contributed by atoms with Gasteiger partial charge in [0.1, 0.15) is 4.88 Å². The van der Waals surface area contributed by atoms with Crippen molar-refractivity contribution in [3.05, 3.63) is 57.3 Å². The zero-order valence-corrected chi connectivity index (χ0v) is 14.1. The molecule has 9 heteroatoms. The fourth-order valence-electron chi connectivity index (χ4n) is 1.86. The number of methoxy groups -OCH3 is 1. The van der Waals surface area contributed by atoms with Gasteiger partial charge in [0.05, 0.1) is 29.4 Å². The predicted molar refractivity (Wildman–Crippen MR) is 86.9 cm³/mol. The van der Waals surface area contributed by atoms with Crippen molar-refractivity contribution in [2.24, 2.45) is 0 Å². The molecule has 1 amide bonds. The van der Waals surface area contributed by atoms with Crippen LogP contribution in [0.5, 0.6) is 0 Å². The van der Waals surface area contributed by atoms with Gasteiger partial charge >= 0.3 is 5.97 Å². The second-order valence-electron chi connectivity index (χ2n) is 4.61. The van der Waals surface area contributed by atoms with Crippen molar-refractivity contribution in [1.82, 2.24) is 4.72 Å². The minimum absolute atomic E-state index is 0.0625. The molecule has 2 rings (SSSR count). The molecule has 0 unspecified atom stereocenters.